The third-order valence-electron chi connectivity index (χ3n) is 5.21. The largest absolute Gasteiger partial charge is 0.506 e. The lowest BCUT2D eigenvalue weighted by Crippen LogP contribution is -2.12. The summed E-state index contributed by atoms with van der Waals surface area (Å²) in [5.74, 6) is -1.77. The van der Waals surface area contributed by atoms with Crippen LogP contribution in [0.25, 0.3) is 32.7 Å². The van der Waals surface area contributed by atoms with Crippen LogP contribution in [0.3, 0.4) is 0 Å². The van der Waals surface area contributed by atoms with E-state index in [9.17, 15) is 19.5 Å². The molecule has 0 unspecified atom stereocenters. The van der Waals surface area contributed by atoms with Crippen molar-refractivity contribution in [1.29, 1.82) is 0 Å². The third-order valence-corrected chi connectivity index (χ3v) is 5.21. The highest BCUT2D eigenvalue weighted by Gasteiger charge is 2.25. The normalized spacial score (nSPS) is 11.0. The molecule has 30 heavy (non-hydrogen) atoms. The lowest BCUT2D eigenvalue weighted by atomic mass is 9.93. The topological polar surface area (TPSA) is 89.9 Å². The first-order valence-electron chi connectivity index (χ1n) is 9.24. The van der Waals surface area contributed by atoms with Gasteiger partial charge in [0.25, 0.3) is 0 Å². The van der Waals surface area contributed by atoms with Crippen LogP contribution in [-0.4, -0.2) is 31.3 Å². The molecule has 150 valence electrons. The molecule has 0 fully saturated rings. The van der Waals surface area contributed by atoms with Crippen molar-refractivity contribution >= 4 is 33.5 Å². The van der Waals surface area contributed by atoms with E-state index in [1.165, 1.54) is 20.3 Å². The molecule has 0 atom stereocenters. The minimum Gasteiger partial charge on any atom is -0.506 e. The van der Waals surface area contributed by atoms with Crippen LogP contribution >= 0.6 is 0 Å². The van der Waals surface area contributed by atoms with Gasteiger partial charge < -0.3 is 14.6 Å². The van der Waals surface area contributed by atoms with Crippen LogP contribution in [0.2, 0.25) is 0 Å². The van der Waals surface area contributed by atoms with Gasteiger partial charge in [-0.05, 0) is 45.5 Å². The minimum absolute atomic E-state index is 0.157. The molecule has 0 heterocycles. The zero-order chi connectivity index (χ0) is 21.4. The van der Waals surface area contributed by atoms with Crippen LogP contribution in [-0.2, 0) is 20.7 Å². The number of ether oxygens (including phenoxy) is 2. The Morgan fingerprint density at radius 3 is 2.43 bits per heavy atom. The molecule has 1 N–H and O–H groups in total. The highest BCUT2D eigenvalue weighted by Crippen LogP contribution is 2.41. The maximum absolute atomic E-state index is 12.8. The number of hydrogen-bond donors (Lipinski definition) is 1. The van der Waals surface area contributed by atoms with E-state index in [4.69, 9.17) is 9.47 Å². The molecule has 6 nitrogen and oxygen atoms in total. The molecule has 2 aliphatic rings. The van der Waals surface area contributed by atoms with E-state index in [-0.39, 0.29) is 33.9 Å². The van der Waals surface area contributed by atoms with E-state index in [1.807, 2.05) is 30.3 Å². The average Bonchev–Trinajstić information content (AvgIpc) is 2.88. The van der Waals surface area contributed by atoms with Crippen LogP contribution in [0.1, 0.15) is 15.9 Å². The van der Waals surface area contributed by atoms with E-state index < -0.39 is 17.7 Å². The molecule has 0 spiro atoms. The summed E-state index contributed by atoms with van der Waals surface area (Å²) in [6, 6.07) is 15.8. The smallest absolute Gasteiger partial charge is 0.341 e. The van der Waals surface area contributed by atoms with E-state index in [2.05, 4.69) is 0 Å². The number of esters is 2. The number of benzene rings is 3. The molecule has 0 bridgehead atoms. The van der Waals surface area contributed by atoms with Crippen molar-refractivity contribution in [2.45, 2.75) is 6.42 Å². The van der Waals surface area contributed by atoms with Crippen molar-refractivity contribution in [3.8, 4) is 16.9 Å². The van der Waals surface area contributed by atoms with Gasteiger partial charge in [-0.2, -0.15) is 0 Å². The van der Waals surface area contributed by atoms with Gasteiger partial charge in [0.05, 0.1) is 20.6 Å². The molecule has 0 radical (unpaired) electrons. The second kappa shape index (κ2) is 7.48. The SMILES string of the molecule is COC(=O)Cc1cc2c(c(O)c1C(=O)OC)c1c(=O)cccc-1cc1ccccc12. The average molecular weight is 402 g/mol. The van der Waals surface area contributed by atoms with Gasteiger partial charge in [0.2, 0.25) is 0 Å². The van der Waals surface area contributed by atoms with E-state index in [0.29, 0.717) is 10.9 Å². The predicted octanol–water partition coefficient (Wildman–Crippen LogP) is 3.67. The van der Waals surface area contributed by atoms with Crippen LogP contribution in [0.5, 0.6) is 5.75 Å². The summed E-state index contributed by atoms with van der Waals surface area (Å²) in [5.41, 5.74) is 0.725. The summed E-state index contributed by atoms with van der Waals surface area (Å²) < 4.78 is 9.59. The van der Waals surface area contributed by atoms with Gasteiger partial charge >= 0.3 is 11.9 Å². The number of aromatic hydroxyl groups is 1. The Morgan fingerprint density at radius 1 is 0.933 bits per heavy atom. The zero-order valence-electron chi connectivity index (χ0n) is 16.4. The summed E-state index contributed by atoms with van der Waals surface area (Å²) in [7, 11) is 2.43. The van der Waals surface area contributed by atoms with Crippen molar-refractivity contribution in [1.82, 2.24) is 0 Å². The van der Waals surface area contributed by atoms with Gasteiger partial charge in [0, 0.05) is 10.9 Å². The number of phenolic OH excluding ortho intramolecular Hbond substituents is 1. The zero-order valence-corrected chi connectivity index (χ0v) is 16.4. The molecule has 6 heteroatoms. The molecule has 2 aromatic carbocycles. The molecule has 0 saturated carbocycles. The number of fused-ring (bicyclic) bond motifs is 5. The molecule has 0 aliphatic heterocycles. The summed E-state index contributed by atoms with van der Waals surface area (Å²) >= 11 is 0. The summed E-state index contributed by atoms with van der Waals surface area (Å²) in [4.78, 5) is 37.3. The van der Waals surface area contributed by atoms with Crippen molar-refractivity contribution in [3.63, 3.8) is 0 Å². The number of methoxy groups -OCH3 is 2. The summed E-state index contributed by atoms with van der Waals surface area (Å²) in [5, 5.41) is 13.6. The predicted molar refractivity (Wildman–Crippen MR) is 113 cm³/mol. The fraction of sp³-hybridized carbons (Fsp3) is 0.125. The highest BCUT2D eigenvalue weighted by atomic mass is 16.5. The van der Waals surface area contributed by atoms with Gasteiger partial charge in [0.1, 0.15) is 11.3 Å². The standard InChI is InChI=1S/C24H18O6/c1-29-19(26)12-15-11-17-16-8-4-3-6-13(16)10-14-7-5-9-18(25)20(14)22(17)23(27)21(15)24(28)30-2/h3-11,27H,12H2,1-2H3. The molecule has 4 rings (SSSR count). The lowest BCUT2D eigenvalue weighted by molar-refractivity contribution is -0.139. The Labute approximate surface area is 171 Å². The number of carbonyl (C=O) groups excluding carboxylic acids is 2. The molecule has 2 aliphatic carbocycles. The van der Waals surface area contributed by atoms with E-state index in [0.717, 1.165) is 10.8 Å². The van der Waals surface area contributed by atoms with Gasteiger partial charge in [-0.15, -0.1) is 0 Å². The van der Waals surface area contributed by atoms with Crippen molar-refractivity contribution in [3.05, 3.63) is 75.9 Å². The summed E-state index contributed by atoms with van der Waals surface area (Å²) in [6.07, 6.45) is -0.237. The van der Waals surface area contributed by atoms with Gasteiger partial charge in [-0.25, -0.2) is 4.79 Å². The van der Waals surface area contributed by atoms with Crippen molar-refractivity contribution < 1.29 is 24.2 Å². The van der Waals surface area contributed by atoms with Gasteiger partial charge in [-0.3, -0.25) is 9.59 Å². The summed E-state index contributed by atoms with van der Waals surface area (Å²) in [6.45, 7) is 0. The number of rotatable bonds is 3. The van der Waals surface area contributed by atoms with Gasteiger partial charge in [0.15, 0.2) is 5.43 Å². The lowest BCUT2D eigenvalue weighted by Gasteiger charge is -2.14. The first kappa shape index (κ1) is 19.4. The van der Waals surface area contributed by atoms with Crippen LogP contribution in [0.15, 0.2) is 59.4 Å². The molecule has 0 amide bonds. The Morgan fingerprint density at radius 2 is 1.70 bits per heavy atom. The first-order chi connectivity index (χ1) is 14.5. The van der Waals surface area contributed by atoms with E-state index in [1.54, 1.807) is 18.2 Å². The molecular weight excluding hydrogens is 384 g/mol. The molecule has 0 saturated heterocycles. The van der Waals surface area contributed by atoms with Crippen molar-refractivity contribution in [2.24, 2.45) is 0 Å². The fourth-order valence-electron chi connectivity index (χ4n) is 3.86. The maximum atomic E-state index is 12.8. The van der Waals surface area contributed by atoms with E-state index >= 15 is 0 Å². The molecule has 2 aromatic rings. The number of phenols is 1. The Kier molecular flexibility index (Phi) is 4.83. The molecule has 0 aromatic heterocycles. The second-order valence-corrected chi connectivity index (χ2v) is 6.88. The number of carbonyl (C=O) groups is 2. The minimum atomic E-state index is -0.805. The maximum Gasteiger partial charge on any atom is 0.341 e. The Hall–Kier alpha value is -3.93. The quantitative estimate of drug-likeness (QED) is 0.526. The highest BCUT2D eigenvalue weighted by molar-refractivity contribution is 6.17. The van der Waals surface area contributed by atoms with Crippen LogP contribution in [0.4, 0.5) is 0 Å². The molecular formula is C24H18O6. The Balaban J connectivity index is 2.30. The fourth-order valence-corrected chi connectivity index (χ4v) is 3.86. The third kappa shape index (κ3) is 3.03. The first-order valence-corrected chi connectivity index (χ1v) is 9.24. The monoisotopic (exact) mass is 402 g/mol. The number of hydrogen-bond acceptors (Lipinski definition) is 6. The Bertz CT molecular complexity index is 1360. The second-order valence-electron chi connectivity index (χ2n) is 6.88. The van der Waals surface area contributed by atoms with Crippen LogP contribution < -0.4 is 5.43 Å². The van der Waals surface area contributed by atoms with Crippen molar-refractivity contribution in [2.75, 3.05) is 14.2 Å². The van der Waals surface area contributed by atoms with Crippen LogP contribution in [0, 0.1) is 0 Å². The van der Waals surface area contributed by atoms with Gasteiger partial charge in [-0.1, -0.05) is 36.4 Å².